The fraction of sp³-hybridized carbons (Fsp3) is 0.333. The molecule has 1 rings (SSSR count). The number of rotatable bonds is 6. The van der Waals surface area contributed by atoms with Crippen LogP contribution in [-0.4, -0.2) is 21.8 Å². The van der Waals surface area contributed by atoms with Crippen LogP contribution >= 0.6 is 12.6 Å². The number of carbonyl (C=O) groups is 2. The van der Waals surface area contributed by atoms with Crippen LogP contribution in [0.5, 0.6) is 0 Å². The maximum absolute atomic E-state index is 11.6. The van der Waals surface area contributed by atoms with Gasteiger partial charge >= 0.3 is 11.8 Å². The summed E-state index contributed by atoms with van der Waals surface area (Å²) in [6, 6.07) is 8.80. The van der Waals surface area contributed by atoms with Gasteiger partial charge in [0.2, 0.25) is 0 Å². The molecule has 108 valence electrons. The van der Waals surface area contributed by atoms with Crippen molar-refractivity contribution in [3.8, 4) is 0 Å². The van der Waals surface area contributed by atoms with Gasteiger partial charge in [-0.15, -0.1) is 0 Å². The van der Waals surface area contributed by atoms with Gasteiger partial charge in [0.05, 0.1) is 4.92 Å². The summed E-state index contributed by atoms with van der Waals surface area (Å²) in [5.41, 5.74) is -1.54. The molecule has 0 aliphatic carbocycles. The number of benzene rings is 1. The number of amides is 1. The quantitative estimate of drug-likeness (QED) is 0.361. The monoisotopic (exact) mass is 298 g/mol. The Kier molecular flexibility index (Phi) is 5.51. The first-order chi connectivity index (χ1) is 9.42. The summed E-state index contributed by atoms with van der Waals surface area (Å²) in [5.74, 6) is 0. The first-order valence-corrected chi connectivity index (χ1v) is 6.24. The maximum Gasteiger partial charge on any atom is 0.413 e. The largest absolute Gasteiger partial charge is 0.445 e. The van der Waals surface area contributed by atoms with E-state index in [0.717, 1.165) is 5.56 Å². The highest BCUT2D eigenvalue weighted by molar-refractivity contribution is 7.96. The highest BCUT2D eigenvalue weighted by Gasteiger charge is 2.49. The highest BCUT2D eigenvalue weighted by atomic mass is 32.1. The number of thiol groups is 1. The van der Waals surface area contributed by atoms with Crippen molar-refractivity contribution in [1.29, 1.82) is 0 Å². The van der Waals surface area contributed by atoms with E-state index in [-0.39, 0.29) is 13.0 Å². The summed E-state index contributed by atoms with van der Waals surface area (Å²) in [6.07, 6.45) is -1.28. The summed E-state index contributed by atoms with van der Waals surface area (Å²) in [4.78, 5) is 33.0. The van der Waals surface area contributed by atoms with Crippen molar-refractivity contribution in [2.45, 2.75) is 25.6 Å². The Balaban J connectivity index is 2.68. The molecule has 1 aromatic rings. The number of hydrogen-bond acceptors (Lipinski definition) is 5. The Labute approximate surface area is 120 Å². The molecule has 0 aromatic heterocycles. The summed E-state index contributed by atoms with van der Waals surface area (Å²) in [6.45, 7) is 1.35. The molecule has 0 spiro atoms. The first-order valence-electron chi connectivity index (χ1n) is 5.79. The molecule has 8 heteroatoms. The molecule has 0 aliphatic rings. The lowest BCUT2D eigenvalue weighted by atomic mass is 10.1. The van der Waals surface area contributed by atoms with Crippen LogP contribution in [0, 0.1) is 10.1 Å². The number of nitrogens with one attached hydrogen (secondary N) is 1. The summed E-state index contributed by atoms with van der Waals surface area (Å²) in [5, 5.41) is 11.9. The zero-order valence-corrected chi connectivity index (χ0v) is 11.6. The second-order valence-corrected chi connectivity index (χ2v) is 4.37. The van der Waals surface area contributed by atoms with Gasteiger partial charge in [0.1, 0.15) is 6.61 Å². The Hall–Kier alpha value is -2.09. The smallest absolute Gasteiger partial charge is 0.413 e. The van der Waals surface area contributed by atoms with Crippen molar-refractivity contribution in [3.63, 3.8) is 0 Å². The highest BCUT2D eigenvalue weighted by Crippen LogP contribution is 2.15. The summed E-state index contributed by atoms with van der Waals surface area (Å²) in [7, 11) is 0. The molecule has 20 heavy (non-hydrogen) atoms. The third-order valence-corrected chi connectivity index (χ3v) is 3.07. The Bertz CT molecular complexity index is 492. The normalized spacial score (nSPS) is 13.1. The lowest BCUT2D eigenvalue weighted by molar-refractivity contribution is -0.556. The third kappa shape index (κ3) is 3.70. The van der Waals surface area contributed by atoms with Gasteiger partial charge in [-0.25, -0.2) is 10.1 Å². The SMILES string of the molecule is CCC(NC(=O)OCc1ccccc1)(C(=O)S)[N+](=O)[O-]. The molecule has 0 saturated heterocycles. The van der Waals surface area contributed by atoms with E-state index in [1.54, 1.807) is 30.3 Å². The molecule has 0 aliphatic heterocycles. The molecule has 0 bridgehead atoms. The predicted octanol–water partition coefficient (Wildman–Crippen LogP) is 1.75. The average Bonchev–Trinajstić information content (AvgIpc) is 2.43. The molecule has 0 heterocycles. The van der Waals surface area contributed by atoms with Crippen LogP contribution in [0.3, 0.4) is 0 Å². The van der Waals surface area contributed by atoms with Crippen LogP contribution in [0.15, 0.2) is 30.3 Å². The van der Waals surface area contributed by atoms with Crippen molar-refractivity contribution >= 4 is 23.8 Å². The van der Waals surface area contributed by atoms with Gasteiger partial charge in [0.15, 0.2) is 0 Å². The molecule has 0 fully saturated rings. The topological polar surface area (TPSA) is 98.5 Å². The van der Waals surface area contributed by atoms with Crippen LogP contribution in [0.1, 0.15) is 18.9 Å². The zero-order valence-electron chi connectivity index (χ0n) is 10.7. The predicted molar refractivity (Wildman–Crippen MR) is 73.8 cm³/mol. The van der Waals surface area contributed by atoms with Gasteiger partial charge in [-0.1, -0.05) is 49.9 Å². The molecule has 1 amide bonds. The van der Waals surface area contributed by atoms with Gasteiger partial charge in [-0.3, -0.25) is 14.9 Å². The molecule has 0 radical (unpaired) electrons. The minimum absolute atomic E-state index is 0.0507. The molecule has 1 aromatic carbocycles. The van der Waals surface area contributed by atoms with Crippen LogP contribution in [0.4, 0.5) is 4.79 Å². The molecular weight excluding hydrogens is 284 g/mol. The van der Waals surface area contributed by atoms with Crippen LogP contribution in [0.25, 0.3) is 0 Å². The van der Waals surface area contributed by atoms with E-state index in [0.29, 0.717) is 0 Å². The van der Waals surface area contributed by atoms with E-state index in [4.69, 9.17) is 4.74 Å². The van der Waals surface area contributed by atoms with Crippen LogP contribution < -0.4 is 5.32 Å². The Morgan fingerprint density at radius 1 is 1.40 bits per heavy atom. The number of ether oxygens (including phenoxy) is 1. The third-order valence-electron chi connectivity index (χ3n) is 2.70. The van der Waals surface area contributed by atoms with Crippen molar-refractivity contribution < 1.29 is 19.2 Å². The molecule has 0 saturated carbocycles. The van der Waals surface area contributed by atoms with Gasteiger partial charge < -0.3 is 4.74 Å². The fourth-order valence-corrected chi connectivity index (χ4v) is 1.77. The standard InChI is InChI=1S/C12H14N2O5S/c1-2-12(10(15)20,14(17)18)13-11(16)19-8-9-6-4-3-5-7-9/h3-7H,2,8H2,1H3,(H,13,16)(H,15,20). The summed E-state index contributed by atoms with van der Waals surface area (Å²) < 4.78 is 4.85. The van der Waals surface area contributed by atoms with E-state index >= 15 is 0 Å². The van der Waals surface area contributed by atoms with Gasteiger partial charge in [0.25, 0.3) is 5.12 Å². The van der Waals surface area contributed by atoms with E-state index in [9.17, 15) is 19.7 Å². The Morgan fingerprint density at radius 2 is 2.00 bits per heavy atom. The first kappa shape index (κ1) is 16.0. The zero-order chi connectivity index (χ0) is 15.2. The number of hydrogen-bond donors (Lipinski definition) is 2. The second kappa shape index (κ2) is 6.90. The fourth-order valence-electron chi connectivity index (χ4n) is 1.47. The molecule has 1 atom stereocenters. The molecular formula is C12H14N2O5S. The Morgan fingerprint density at radius 3 is 2.45 bits per heavy atom. The number of alkyl carbamates (subject to hydrolysis) is 1. The minimum atomic E-state index is -2.27. The van der Waals surface area contributed by atoms with Gasteiger partial charge in [0, 0.05) is 6.42 Å². The number of nitro groups is 1. The second-order valence-electron chi connectivity index (χ2n) is 3.96. The van der Waals surface area contributed by atoms with E-state index < -0.39 is 21.8 Å². The van der Waals surface area contributed by atoms with Crippen molar-refractivity contribution in [2.75, 3.05) is 0 Å². The van der Waals surface area contributed by atoms with Crippen molar-refractivity contribution in [3.05, 3.63) is 46.0 Å². The van der Waals surface area contributed by atoms with Crippen molar-refractivity contribution in [2.24, 2.45) is 0 Å². The molecule has 1 unspecified atom stereocenters. The van der Waals surface area contributed by atoms with Crippen LogP contribution in [-0.2, 0) is 16.1 Å². The average molecular weight is 298 g/mol. The summed E-state index contributed by atoms with van der Waals surface area (Å²) >= 11 is 3.46. The molecule has 1 N–H and O–H groups in total. The van der Waals surface area contributed by atoms with E-state index in [1.807, 2.05) is 5.32 Å². The van der Waals surface area contributed by atoms with Crippen LogP contribution in [0.2, 0.25) is 0 Å². The van der Waals surface area contributed by atoms with E-state index in [1.165, 1.54) is 6.92 Å². The number of carbonyl (C=O) groups excluding carboxylic acids is 2. The van der Waals surface area contributed by atoms with E-state index in [2.05, 4.69) is 12.6 Å². The number of nitrogens with zero attached hydrogens (tertiary/aromatic N) is 1. The minimum Gasteiger partial charge on any atom is -0.445 e. The lowest BCUT2D eigenvalue weighted by Crippen LogP contribution is -2.58. The van der Waals surface area contributed by atoms with Gasteiger partial charge in [-0.05, 0) is 5.56 Å². The molecule has 7 nitrogen and oxygen atoms in total. The van der Waals surface area contributed by atoms with Crippen molar-refractivity contribution in [1.82, 2.24) is 5.32 Å². The maximum atomic E-state index is 11.6. The van der Waals surface area contributed by atoms with Gasteiger partial charge in [-0.2, -0.15) is 0 Å². The lowest BCUT2D eigenvalue weighted by Gasteiger charge is -2.21.